The predicted molar refractivity (Wildman–Crippen MR) is 92.1 cm³/mol. The van der Waals surface area contributed by atoms with Gasteiger partial charge in [-0.3, -0.25) is 0 Å². The van der Waals surface area contributed by atoms with E-state index in [4.69, 9.17) is 4.74 Å². The maximum Gasteiger partial charge on any atom is 0.408 e. The molecule has 0 saturated heterocycles. The van der Waals surface area contributed by atoms with Gasteiger partial charge in [0.15, 0.2) is 0 Å². The second-order valence-corrected chi connectivity index (χ2v) is 8.37. The molecule has 0 radical (unpaired) electrons. The minimum atomic E-state index is -0.454. The molecule has 0 spiro atoms. The van der Waals surface area contributed by atoms with Gasteiger partial charge in [-0.25, -0.2) is 4.79 Å². The molecule has 1 rings (SSSR count). The monoisotopic (exact) mass is 312 g/mol. The summed E-state index contributed by atoms with van der Waals surface area (Å²) >= 11 is 0. The smallest absolute Gasteiger partial charge is 0.408 e. The number of carbonyl (C=O) groups excluding carboxylic acids is 1. The van der Waals surface area contributed by atoms with Gasteiger partial charge in [-0.05, 0) is 59.8 Å². The van der Waals surface area contributed by atoms with Crippen LogP contribution in [0.2, 0.25) is 0 Å². The third kappa shape index (κ3) is 8.02. The largest absolute Gasteiger partial charge is 0.444 e. The number of rotatable bonds is 5. The van der Waals surface area contributed by atoms with E-state index in [0.717, 1.165) is 12.5 Å². The van der Waals surface area contributed by atoms with Gasteiger partial charge in [0.1, 0.15) is 5.60 Å². The number of hydrogen-bond acceptors (Lipinski definition) is 3. The van der Waals surface area contributed by atoms with Crippen LogP contribution in [0.5, 0.6) is 0 Å². The zero-order valence-corrected chi connectivity index (χ0v) is 15.4. The number of carbonyl (C=O) groups is 1. The first-order chi connectivity index (χ1) is 10.1. The van der Waals surface area contributed by atoms with Crippen molar-refractivity contribution in [3.05, 3.63) is 0 Å². The van der Waals surface area contributed by atoms with Gasteiger partial charge in [0, 0.05) is 12.6 Å². The first-order valence-electron chi connectivity index (χ1n) is 8.86. The number of nitrogens with one attached hydrogen (secondary N) is 2. The first-order valence-corrected chi connectivity index (χ1v) is 8.86. The van der Waals surface area contributed by atoms with Crippen LogP contribution in [0.15, 0.2) is 0 Å². The fourth-order valence-corrected chi connectivity index (χ4v) is 3.01. The fraction of sp³-hybridized carbons (Fsp3) is 0.944. The molecule has 2 N–H and O–H groups in total. The standard InChI is InChI=1S/C18H36N2O2/c1-7-14-9-8-10-15(12-11-14)19-13-18(5,6)20-16(21)22-17(2,3)4/h14-15,19H,7-13H2,1-6H3,(H,20,21). The van der Waals surface area contributed by atoms with Gasteiger partial charge in [0.05, 0.1) is 5.54 Å². The lowest BCUT2D eigenvalue weighted by Gasteiger charge is -2.30. The van der Waals surface area contributed by atoms with Crippen molar-refractivity contribution in [2.45, 2.75) is 97.2 Å². The maximum absolute atomic E-state index is 11.9. The predicted octanol–water partition coefficient (Wildman–Crippen LogP) is 4.24. The van der Waals surface area contributed by atoms with Gasteiger partial charge >= 0.3 is 6.09 Å². The summed E-state index contributed by atoms with van der Waals surface area (Å²) in [7, 11) is 0. The average molecular weight is 312 g/mol. The first kappa shape index (κ1) is 19.3. The number of amides is 1. The summed E-state index contributed by atoms with van der Waals surface area (Å²) in [5, 5.41) is 6.61. The van der Waals surface area contributed by atoms with E-state index in [0.29, 0.717) is 6.04 Å². The van der Waals surface area contributed by atoms with E-state index in [1.165, 1.54) is 38.5 Å². The number of alkyl carbamates (subject to hydrolysis) is 1. The molecular weight excluding hydrogens is 276 g/mol. The van der Waals surface area contributed by atoms with Gasteiger partial charge in [-0.1, -0.05) is 26.2 Å². The molecule has 4 nitrogen and oxygen atoms in total. The third-order valence-corrected chi connectivity index (χ3v) is 4.34. The molecule has 130 valence electrons. The van der Waals surface area contributed by atoms with Crippen molar-refractivity contribution in [2.75, 3.05) is 6.54 Å². The summed E-state index contributed by atoms with van der Waals surface area (Å²) in [5.74, 6) is 0.902. The van der Waals surface area contributed by atoms with Crippen molar-refractivity contribution in [1.82, 2.24) is 10.6 Å². The van der Waals surface area contributed by atoms with Gasteiger partial charge < -0.3 is 15.4 Å². The van der Waals surface area contributed by atoms with E-state index in [9.17, 15) is 4.79 Å². The molecule has 0 aromatic rings. The highest BCUT2D eigenvalue weighted by molar-refractivity contribution is 5.68. The van der Waals surface area contributed by atoms with Crippen LogP contribution in [0, 0.1) is 5.92 Å². The van der Waals surface area contributed by atoms with E-state index in [-0.39, 0.29) is 11.6 Å². The highest BCUT2D eigenvalue weighted by Gasteiger charge is 2.26. The summed E-state index contributed by atoms with van der Waals surface area (Å²) in [5.41, 5.74) is -0.761. The molecule has 0 heterocycles. The fourth-order valence-electron chi connectivity index (χ4n) is 3.01. The van der Waals surface area contributed by atoms with Crippen molar-refractivity contribution >= 4 is 6.09 Å². The van der Waals surface area contributed by atoms with Crippen LogP contribution in [0.1, 0.15) is 80.1 Å². The van der Waals surface area contributed by atoms with Crippen LogP contribution in [-0.2, 0) is 4.74 Å². The Balaban J connectivity index is 2.36. The van der Waals surface area contributed by atoms with Crippen LogP contribution in [0.4, 0.5) is 4.79 Å². The molecule has 2 unspecified atom stereocenters. The van der Waals surface area contributed by atoms with Crippen LogP contribution in [-0.4, -0.2) is 29.8 Å². The zero-order chi connectivity index (χ0) is 16.8. The number of hydrogen-bond donors (Lipinski definition) is 2. The normalized spacial score (nSPS) is 23.7. The van der Waals surface area contributed by atoms with Crippen LogP contribution < -0.4 is 10.6 Å². The lowest BCUT2D eigenvalue weighted by Crippen LogP contribution is -2.53. The van der Waals surface area contributed by atoms with E-state index < -0.39 is 5.60 Å². The van der Waals surface area contributed by atoms with Crippen LogP contribution in [0.3, 0.4) is 0 Å². The second-order valence-electron chi connectivity index (χ2n) is 8.37. The Bertz CT molecular complexity index is 347. The van der Waals surface area contributed by atoms with E-state index >= 15 is 0 Å². The summed E-state index contributed by atoms with van der Waals surface area (Å²) in [6.45, 7) is 12.8. The Kier molecular flexibility index (Phi) is 7.17. The minimum absolute atomic E-state index is 0.307. The third-order valence-electron chi connectivity index (χ3n) is 4.34. The molecule has 0 bridgehead atoms. The SMILES string of the molecule is CCC1CCCC(NCC(C)(C)NC(=O)OC(C)(C)C)CC1. The average Bonchev–Trinajstić information content (AvgIpc) is 2.58. The molecular formula is C18H36N2O2. The lowest BCUT2D eigenvalue weighted by atomic mass is 9.97. The summed E-state index contributed by atoms with van der Waals surface area (Å²) < 4.78 is 5.34. The van der Waals surface area contributed by atoms with Crippen LogP contribution >= 0.6 is 0 Å². The van der Waals surface area contributed by atoms with Crippen molar-refractivity contribution < 1.29 is 9.53 Å². The van der Waals surface area contributed by atoms with E-state index in [1.54, 1.807) is 0 Å². The van der Waals surface area contributed by atoms with Crippen molar-refractivity contribution in [3.8, 4) is 0 Å². The molecule has 0 aromatic heterocycles. The van der Waals surface area contributed by atoms with Crippen molar-refractivity contribution in [2.24, 2.45) is 5.92 Å². The molecule has 1 amide bonds. The molecule has 1 aliphatic carbocycles. The van der Waals surface area contributed by atoms with E-state index in [1.807, 2.05) is 34.6 Å². The minimum Gasteiger partial charge on any atom is -0.444 e. The Morgan fingerprint density at radius 2 is 1.77 bits per heavy atom. The van der Waals surface area contributed by atoms with Gasteiger partial charge in [0.2, 0.25) is 0 Å². The number of ether oxygens (including phenoxy) is 1. The summed E-state index contributed by atoms with van der Waals surface area (Å²) in [4.78, 5) is 11.9. The molecule has 1 saturated carbocycles. The summed E-state index contributed by atoms with van der Waals surface area (Å²) in [6, 6.07) is 0.580. The molecule has 22 heavy (non-hydrogen) atoms. The van der Waals surface area contributed by atoms with E-state index in [2.05, 4.69) is 17.6 Å². The lowest BCUT2D eigenvalue weighted by molar-refractivity contribution is 0.0470. The molecule has 4 heteroatoms. The summed E-state index contributed by atoms with van der Waals surface area (Å²) in [6.07, 6.45) is 7.47. The Labute approximate surface area is 136 Å². The zero-order valence-electron chi connectivity index (χ0n) is 15.4. The quantitative estimate of drug-likeness (QED) is 0.747. The highest BCUT2D eigenvalue weighted by atomic mass is 16.6. The highest BCUT2D eigenvalue weighted by Crippen LogP contribution is 2.25. The van der Waals surface area contributed by atoms with Gasteiger partial charge in [-0.15, -0.1) is 0 Å². The molecule has 2 atom stereocenters. The van der Waals surface area contributed by atoms with Gasteiger partial charge in [0.25, 0.3) is 0 Å². The Hall–Kier alpha value is -0.770. The molecule has 0 aliphatic heterocycles. The maximum atomic E-state index is 11.9. The Morgan fingerprint density at radius 3 is 2.36 bits per heavy atom. The second kappa shape index (κ2) is 8.19. The van der Waals surface area contributed by atoms with Gasteiger partial charge in [-0.2, -0.15) is 0 Å². The van der Waals surface area contributed by atoms with Crippen LogP contribution in [0.25, 0.3) is 0 Å². The molecule has 1 fully saturated rings. The van der Waals surface area contributed by atoms with Crippen molar-refractivity contribution in [1.29, 1.82) is 0 Å². The topological polar surface area (TPSA) is 50.4 Å². The van der Waals surface area contributed by atoms with Crippen molar-refractivity contribution in [3.63, 3.8) is 0 Å². The molecule has 0 aromatic carbocycles. The molecule has 1 aliphatic rings. The Morgan fingerprint density at radius 1 is 1.09 bits per heavy atom.